The van der Waals surface area contributed by atoms with Crippen LogP contribution in [0.3, 0.4) is 0 Å². The third kappa shape index (κ3) is 5.47. The number of carboxylic acids is 1. The van der Waals surface area contributed by atoms with Crippen molar-refractivity contribution in [2.45, 2.75) is 58.2 Å². The summed E-state index contributed by atoms with van der Waals surface area (Å²) in [6.07, 6.45) is 1.40. The highest BCUT2D eigenvalue weighted by Gasteiger charge is 2.35. The zero-order chi connectivity index (χ0) is 14.5. The smallest absolute Gasteiger partial charge is 0.323 e. The first-order chi connectivity index (χ1) is 8.83. The lowest BCUT2D eigenvalue weighted by Crippen LogP contribution is -2.54. The first-order valence-electron chi connectivity index (χ1n) is 7.04. The van der Waals surface area contributed by atoms with E-state index < -0.39 is 11.5 Å². The molecule has 0 aliphatic carbocycles. The summed E-state index contributed by atoms with van der Waals surface area (Å²) in [6, 6.07) is 0.122. The maximum Gasteiger partial charge on any atom is 0.323 e. The van der Waals surface area contributed by atoms with Gasteiger partial charge in [0.05, 0.1) is 19.3 Å². The van der Waals surface area contributed by atoms with Crippen LogP contribution in [0.4, 0.5) is 0 Å². The minimum atomic E-state index is -0.945. The van der Waals surface area contributed by atoms with Crippen molar-refractivity contribution in [1.82, 2.24) is 5.32 Å². The fraction of sp³-hybridized carbons (Fsp3) is 0.929. The Kier molecular flexibility index (Phi) is 6.23. The number of carbonyl (C=O) groups is 1. The summed E-state index contributed by atoms with van der Waals surface area (Å²) < 4.78 is 11.1. The Morgan fingerprint density at radius 2 is 2.21 bits per heavy atom. The van der Waals surface area contributed by atoms with Gasteiger partial charge in [0.1, 0.15) is 5.54 Å². The normalized spacial score (nSPS) is 24.4. The van der Waals surface area contributed by atoms with Gasteiger partial charge in [0.15, 0.2) is 0 Å². The van der Waals surface area contributed by atoms with E-state index in [1.165, 1.54) is 0 Å². The van der Waals surface area contributed by atoms with E-state index in [2.05, 4.69) is 5.32 Å². The van der Waals surface area contributed by atoms with E-state index in [1.807, 2.05) is 20.8 Å². The van der Waals surface area contributed by atoms with Crippen LogP contribution in [-0.2, 0) is 14.3 Å². The molecule has 5 heteroatoms. The molecule has 3 unspecified atom stereocenters. The summed E-state index contributed by atoms with van der Waals surface area (Å²) in [5, 5.41) is 12.5. The second-order valence-electron chi connectivity index (χ2n) is 6.01. The molecule has 0 radical (unpaired) electrons. The van der Waals surface area contributed by atoms with Crippen LogP contribution >= 0.6 is 0 Å². The van der Waals surface area contributed by atoms with Crippen LogP contribution in [0.5, 0.6) is 0 Å². The number of carboxylic acid groups (broad SMARTS) is 1. The summed E-state index contributed by atoms with van der Waals surface area (Å²) in [5.41, 5.74) is -0.945. The quantitative estimate of drug-likeness (QED) is 0.704. The van der Waals surface area contributed by atoms with Gasteiger partial charge in [-0.3, -0.25) is 10.1 Å². The van der Waals surface area contributed by atoms with Gasteiger partial charge in [0.25, 0.3) is 0 Å². The first kappa shape index (κ1) is 16.4. The first-order valence-corrected chi connectivity index (χ1v) is 7.04. The number of rotatable bonds is 8. The molecule has 19 heavy (non-hydrogen) atoms. The van der Waals surface area contributed by atoms with E-state index >= 15 is 0 Å². The van der Waals surface area contributed by atoms with Gasteiger partial charge in [-0.25, -0.2) is 0 Å². The van der Waals surface area contributed by atoms with Crippen LogP contribution in [-0.4, -0.2) is 48.6 Å². The molecule has 0 bridgehead atoms. The highest BCUT2D eigenvalue weighted by atomic mass is 16.5. The molecule has 1 aliphatic rings. The van der Waals surface area contributed by atoms with Crippen LogP contribution in [0.15, 0.2) is 0 Å². The SMILES string of the molecule is CC(C)NC(C)(CC(C)OCC1CCOC1)C(=O)O. The second kappa shape index (κ2) is 7.22. The maximum atomic E-state index is 11.4. The second-order valence-corrected chi connectivity index (χ2v) is 6.01. The molecule has 0 spiro atoms. The highest BCUT2D eigenvalue weighted by Crippen LogP contribution is 2.19. The van der Waals surface area contributed by atoms with Crippen molar-refractivity contribution in [3.63, 3.8) is 0 Å². The minimum Gasteiger partial charge on any atom is -0.480 e. The summed E-state index contributed by atoms with van der Waals surface area (Å²) in [7, 11) is 0. The monoisotopic (exact) mass is 273 g/mol. The van der Waals surface area contributed by atoms with E-state index in [0.717, 1.165) is 19.6 Å². The summed E-state index contributed by atoms with van der Waals surface area (Å²) in [4.78, 5) is 11.4. The van der Waals surface area contributed by atoms with Gasteiger partial charge in [0.2, 0.25) is 0 Å². The molecule has 1 heterocycles. The Hall–Kier alpha value is -0.650. The van der Waals surface area contributed by atoms with Crippen molar-refractivity contribution in [3.8, 4) is 0 Å². The molecule has 5 nitrogen and oxygen atoms in total. The predicted molar refractivity (Wildman–Crippen MR) is 73.3 cm³/mol. The zero-order valence-corrected chi connectivity index (χ0v) is 12.4. The Bertz CT molecular complexity index is 289. The summed E-state index contributed by atoms with van der Waals surface area (Å²) in [5.74, 6) is -0.377. The Morgan fingerprint density at radius 1 is 1.53 bits per heavy atom. The molecule has 1 fully saturated rings. The molecule has 112 valence electrons. The topological polar surface area (TPSA) is 67.8 Å². The van der Waals surface area contributed by atoms with Gasteiger partial charge in [-0.2, -0.15) is 0 Å². The number of nitrogens with one attached hydrogen (secondary N) is 1. The van der Waals surface area contributed by atoms with Crippen LogP contribution in [0.25, 0.3) is 0 Å². The van der Waals surface area contributed by atoms with Crippen molar-refractivity contribution in [2.24, 2.45) is 5.92 Å². The molecule has 1 rings (SSSR count). The van der Waals surface area contributed by atoms with Gasteiger partial charge in [-0.05, 0) is 34.1 Å². The van der Waals surface area contributed by atoms with Gasteiger partial charge >= 0.3 is 5.97 Å². The highest BCUT2D eigenvalue weighted by molar-refractivity contribution is 5.78. The molecule has 3 atom stereocenters. The molecule has 0 amide bonds. The van der Waals surface area contributed by atoms with Crippen LogP contribution in [0.1, 0.15) is 40.5 Å². The van der Waals surface area contributed by atoms with Crippen molar-refractivity contribution < 1.29 is 19.4 Å². The lowest BCUT2D eigenvalue weighted by Gasteiger charge is -2.31. The van der Waals surface area contributed by atoms with Crippen molar-refractivity contribution in [2.75, 3.05) is 19.8 Å². The fourth-order valence-corrected chi connectivity index (χ4v) is 2.49. The lowest BCUT2D eigenvalue weighted by atomic mass is 9.94. The number of hydrogen-bond acceptors (Lipinski definition) is 4. The predicted octanol–water partition coefficient (Wildman–Crippen LogP) is 1.66. The Balaban J connectivity index is 2.41. The van der Waals surface area contributed by atoms with E-state index in [4.69, 9.17) is 9.47 Å². The van der Waals surface area contributed by atoms with Crippen molar-refractivity contribution in [1.29, 1.82) is 0 Å². The average Bonchev–Trinajstić information content (AvgIpc) is 2.77. The van der Waals surface area contributed by atoms with Gasteiger partial charge in [0, 0.05) is 25.0 Å². The summed E-state index contributed by atoms with van der Waals surface area (Å²) in [6.45, 7) is 9.76. The molecule has 1 aliphatic heterocycles. The minimum absolute atomic E-state index is 0.0899. The average molecular weight is 273 g/mol. The van der Waals surface area contributed by atoms with Crippen molar-refractivity contribution >= 4 is 5.97 Å². The molecular formula is C14H27NO4. The molecular weight excluding hydrogens is 246 g/mol. The van der Waals surface area contributed by atoms with E-state index in [1.54, 1.807) is 6.92 Å². The number of hydrogen-bond donors (Lipinski definition) is 2. The number of aliphatic carboxylic acids is 1. The summed E-state index contributed by atoms with van der Waals surface area (Å²) >= 11 is 0. The maximum absolute atomic E-state index is 11.4. The molecule has 1 saturated heterocycles. The Morgan fingerprint density at radius 3 is 2.68 bits per heavy atom. The van der Waals surface area contributed by atoms with Crippen LogP contribution in [0, 0.1) is 5.92 Å². The van der Waals surface area contributed by atoms with Crippen LogP contribution in [0.2, 0.25) is 0 Å². The molecule has 0 aromatic rings. The van der Waals surface area contributed by atoms with E-state index in [9.17, 15) is 9.90 Å². The van der Waals surface area contributed by atoms with E-state index in [-0.39, 0.29) is 12.1 Å². The fourth-order valence-electron chi connectivity index (χ4n) is 2.49. The molecule has 0 aromatic carbocycles. The van der Waals surface area contributed by atoms with Crippen molar-refractivity contribution in [3.05, 3.63) is 0 Å². The molecule has 2 N–H and O–H groups in total. The van der Waals surface area contributed by atoms with Gasteiger partial charge in [-0.1, -0.05) is 0 Å². The third-order valence-electron chi connectivity index (χ3n) is 3.42. The molecule has 0 aromatic heterocycles. The standard InChI is InChI=1S/C14H27NO4/c1-10(2)15-14(4,13(16)17)7-11(3)19-9-12-5-6-18-8-12/h10-12,15H,5-9H2,1-4H3,(H,16,17). The Labute approximate surface area is 115 Å². The van der Waals surface area contributed by atoms with Gasteiger partial charge in [-0.15, -0.1) is 0 Å². The van der Waals surface area contributed by atoms with Crippen LogP contribution < -0.4 is 5.32 Å². The van der Waals surface area contributed by atoms with E-state index in [0.29, 0.717) is 18.9 Å². The number of ether oxygens (including phenoxy) is 2. The zero-order valence-electron chi connectivity index (χ0n) is 12.4. The molecule has 0 saturated carbocycles. The lowest BCUT2D eigenvalue weighted by molar-refractivity contribution is -0.146. The largest absolute Gasteiger partial charge is 0.480 e. The van der Waals surface area contributed by atoms with Gasteiger partial charge < -0.3 is 14.6 Å². The third-order valence-corrected chi connectivity index (χ3v) is 3.42.